The first-order valence-corrected chi connectivity index (χ1v) is 7.53. The molecule has 0 unspecified atom stereocenters. The van der Waals surface area contributed by atoms with Gasteiger partial charge in [-0.2, -0.15) is 0 Å². The Hall–Kier alpha value is -2.88. The van der Waals surface area contributed by atoms with Crippen molar-refractivity contribution in [1.82, 2.24) is 4.90 Å². The molecule has 2 amide bonds. The van der Waals surface area contributed by atoms with Crippen LogP contribution in [0.3, 0.4) is 0 Å². The maximum atomic E-state index is 12.2. The van der Waals surface area contributed by atoms with E-state index in [1.165, 1.54) is 12.1 Å². The second-order valence-corrected chi connectivity index (χ2v) is 5.57. The summed E-state index contributed by atoms with van der Waals surface area (Å²) in [6.07, 6.45) is 1.28. The molecular formula is C14H12N2O7S. The molecule has 1 N–H and O–H groups in total. The first-order chi connectivity index (χ1) is 11.3. The number of carbonyl (C=O) groups excluding carboxylic acids is 3. The van der Waals surface area contributed by atoms with Gasteiger partial charge in [0.05, 0.1) is 16.4 Å². The third-order valence-corrected chi connectivity index (χ3v) is 3.87. The summed E-state index contributed by atoms with van der Waals surface area (Å²) < 4.78 is 4.69. The lowest BCUT2D eigenvalue weighted by Gasteiger charge is -2.10. The summed E-state index contributed by atoms with van der Waals surface area (Å²) in [7, 11) is 0. The second kappa shape index (κ2) is 7.13. The summed E-state index contributed by atoms with van der Waals surface area (Å²) in [5, 5.41) is 19.6. The molecular weight excluding hydrogens is 340 g/mol. The normalized spacial score (nSPS) is 15.9. The van der Waals surface area contributed by atoms with Crippen LogP contribution in [-0.4, -0.2) is 45.2 Å². The number of benzene rings is 1. The number of imide groups is 1. The molecule has 10 heteroatoms. The van der Waals surface area contributed by atoms with Crippen LogP contribution in [0.2, 0.25) is 0 Å². The molecule has 1 aliphatic rings. The number of esters is 1. The lowest BCUT2D eigenvalue weighted by Crippen LogP contribution is -2.34. The summed E-state index contributed by atoms with van der Waals surface area (Å²) in [5.41, 5.74) is -0.254. The van der Waals surface area contributed by atoms with E-state index in [1.807, 2.05) is 0 Å². The fourth-order valence-electron chi connectivity index (χ4n) is 1.90. The summed E-state index contributed by atoms with van der Waals surface area (Å²) in [6.45, 7) is 1.23. The van der Waals surface area contributed by atoms with E-state index in [1.54, 1.807) is 6.92 Å². The third kappa shape index (κ3) is 3.71. The van der Waals surface area contributed by atoms with Crippen LogP contribution >= 0.6 is 11.8 Å². The van der Waals surface area contributed by atoms with E-state index in [4.69, 9.17) is 4.74 Å². The zero-order valence-electron chi connectivity index (χ0n) is 12.4. The van der Waals surface area contributed by atoms with Crippen LogP contribution in [0.5, 0.6) is 5.75 Å². The van der Waals surface area contributed by atoms with Crippen LogP contribution in [0.4, 0.5) is 10.5 Å². The van der Waals surface area contributed by atoms with Gasteiger partial charge in [0.25, 0.3) is 11.1 Å². The number of phenolic OH excluding ortho intramolecular Hbond substituents is 1. The number of hydrogen-bond acceptors (Lipinski definition) is 8. The minimum absolute atomic E-state index is 0.0179. The monoisotopic (exact) mass is 352 g/mol. The molecule has 0 bridgehead atoms. The van der Waals surface area contributed by atoms with E-state index in [9.17, 15) is 29.6 Å². The smallest absolute Gasteiger partial charge is 0.326 e. The molecule has 126 valence electrons. The van der Waals surface area contributed by atoms with Crippen LogP contribution in [-0.2, 0) is 14.3 Å². The Balaban J connectivity index is 2.24. The van der Waals surface area contributed by atoms with Crippen molar-refractivity contribution >= 4 is 40.6 Å². The number of thioether (sulfide) groups is 1. The molecule has 1 fully saturated rings. The Bertz CT molecular complexity index is 759. The number of nitrogens with zero attached hydrogens (tertiary/aromatic N) is 2. The fourth-order valence-corrected chi connectivity index (χ4v) is 2.74. The quantitative estimate of drug-likeness (QED) is 0.368. The van der Waals surface area contributed by atoms with Gasteiger partial charge >= 0.3 is 11.7 Å². The van der Waals surface area contributed by atoms with E-state index in [2.05, 4.69) is 0 Å². The fraction of sp³-hybridized carbons (Fsp3) is 0.214. The molecule has 0 radical (unpaired) electrons. The van der Waals surface area contributed by atoms with Gasteiger partial charge in [0.15, 0.2) is 5.75 Å². The molecule has 24 heavy (non-hydrogen) atoms. The molecule has 0 atom stereocenters. The van der Waals surface area contributed by atoms with Gasteiger partial charge in [-0.1, -0.05) is 6.07 Å². The molecule has 0 spiro atoms. The van der Waals surface area contributed by atoms with Crippen LogP contribution in [0, 0.1) is 10.1 Å². The number of aromatic hydroxyl groups is 1. The Morgan fingerprint density at radius 2 is 2.17 bits per heavy atom. The molecule has 1 aromatic rings. The van der Waals surface area contributed by atoms with Gasteiger partial charge in [0.1, 0.15) is 6.54 Å². The van der Waals surface area contributed by atoms with Crippen molar-refractivity contribution in [2.24, 2.45) is 0 Å². The van der Waals surface area contributed by atoms with Crippen LogP contribution < -0.4 is 0 Å². The predicted octanol–water partition coefficient (Wildman–Crippen LogP) is 1.90. The van der Waals surface area contributed by atoms with Gasteiger partial charge in [0, 0.05) is 6.07 Å². The van der Waals surface area contributed by atoms with E-state index in [-0.39, 0.29) is 17.1 Å². The van der Waals surface area contributed by atoms with Crippen molar-refractivity contribution in [3.63, 3.8) is 0 Å². The van der Waals surface area contributed by atoms with Gasteiger partial charge in [0.2, 0.25) is 0 Å². The van der Waals surface area contributed by atoms with Gasteiger partial charge < -0.3 is 9.84 Å². The zero-order chi connectivity index (χ0) is 17.9. The summed E-state index contributed by atoms with van der Waals surface area (Å²) >= 11 is 0.614. The topological polar surface area (TPSA) is 127 Å². The van der Waals surface area contributed by atoms with Gasteiger partial charge in [-0.3, -0.25) is 29.4 Å². The highest BCUT2D eigenvalue weighted by Crippen LogP contribution is 2.34. The van der Waals surface area contributed by atoms with Crippen LogP contribution in [0.25, 0.3) is 6.08 Å². The standard InChI is InChI=1S/C14H12N2O7S/c1-2-23-12(18)7-15-13(19)11(24-14(15)20)6-8-3-4-10(17)9(5-8)16(21)22/h3-6,17H,2,7H2,1H3. The lowest BCUT2D eigenvalue weighted by atomic mass is 10.1. The van der Waals surface area contributed by atoms with E-state index in [0.29, 0.717) is 11.8 Å². The van der Waals surface area contributed by atoms with Gasteiger partial charge in [-0.25, -0.2) is 0 Å². The lowest BCUT2D eigenvalue weighted by molar-refractivity contribution is -0.385. The number of phenols is 1. The molecule has 1 saturated heterocycles. The number of amides is 2. The number of rotatable bonds is 5. The average molecular weight is 352 g/mol. The maximum Gasteiger partial charge on any atom is 0.326 e. The first-order valence-electron chi connectivity index (χ1n) is 6.72. The molecule has 1 heterocycles. The number of nitro groups is 1. The van der Waals surface area contributed by atoms with Crippen molar-refractivity contribution in [3.8, 4) is 5.75 Å². The summed E-state index contributed by atoms with van der Waals surface area (Å²) in [4.78, 5) is 46.2. The molecule has 9 nitrogen and oxygen atoms in total. The summed E-state index contributed by atoms with van der Waals surface area (Å²) in [5.74, 6) is -1.90. The predicted molar refractivity (Wildman–Crippen MR) is 84.1 cm³/mol. The van der Waals surface area contributed by atoms with Crippen molar-refractivity contribution in [1.29, 1.82) is 0 Å². The molecule has 0 saturated carbocycles. The van der Waals surface area contributed by atoms with E-state index in [0.717, 1.165) is 17.0 Å². The van der Waals surface area contributed by atoms with Crippen LogP contribution in [0.15, 0.2) is 23.1 Å². The molecule has 0 aliphatic carbocycles. The molecule has 1 aromatic carbocycles. The highest BCUT2D eigenvalue weighted by molar-refractivity contribution is 8.18. The second-order valence-electron chi connectivity index (χ2n) is 4.58. The zero-order valence-corrected chi connectivity index (χ0v) is 13.2. The number of ether oxygens (including phenoxy) is 1. The average Bonchev–Trinajstić information content (AvgIpc) is 2.77. The number of hydrogen-bond donors (Lipinski definition) is 1. The Labute approximate surface area is 140 Å². The van der Waals surface area contributed by atoms with Gasteiger partial charge in [-0.15, -0.1) is 0 Å². The highest BCUT2D eigenvalue weighted by atomic mass is 32.2. The first kappa shape index (κ1) is 17.5. The highest BCUT2D eigenvalue weighted by Gasteiger charge is 2.36. The minimum atomic E-state index is -0.765. The Kier molecular flexibility index (Phi) is 5.19. The Morgan fingerprint density at radius 3 is 2.79 bits per heavy atom. The third-order valence-electron chi connectivity index (χ3n) is 2.96. The van der Waals surface area contributed by atoms with Crippen molar-refractivity contribution in [2.75, 3.05) is 13.2 Å². The summed E-state index contributed by atoms with van der Waals surface area (Å²) in [6, 6.07) is 3.56. The largest absolute Gasteiger partial charge is 0.502 e. The molecule has 2 rings (SSSR count). The van der Waals surface area contributed by atoms with Crippen molar-refractivity contribution < 1.29 is 29.2 Å². The van der Waals surface area contributed by atoms with Crippen molar-refractivity contribution in [3.05, 3.63) is 38.8 Å². The Morgan fingerprint density at radius 1 is 1.46 bits per heavy atom. The maximum absolute atomic E-state index is 12.2. The van der Waals surface area contributed by atoms with Crippen molar-refractivity contribution in [2.45, 2.75) is 6.92 Å². The molecule has 1 aliphatic heterocycles. The molecule has 0 aromatic heterocycles. The van der Waals surface area contributed by atoms with Crippen LogP contribution in [0.1, 0.15) is 12.5 Å². The van der Waals surface area contributed by atoms with Gasteiger partial charge in [-0.05, 0) is 36.4 Å². The van der Waals surface area contributed by atoms with E-state index < -0.39 is 40.0 Å². The SMILES string of the molecule is CCOC(=O)CN1C(=O)SC(=Cc2ccc(O)c([N+](=O)[O-])c2)C1=O. The number of nitro benzene ring substituents is 1. The number of carbonyl (C=O) groups is 3. The van der Waals surface area contributed by atoms with E-state index >= 15 is 0 Å². The minimum Gasteiger partial charge on any atom is -0.502 e.